The molecule has 2 aromatic heterocycles. The smallest absolute Gasteiger partial charge is 0.345 e. The highest BCUT2D eigenvalue weighted by molar-refractivity contribution is 7.20. The van der Waals surface area contributed by atoms with E-state index in [1.165, 1.54) is 11.3 Å². The second kappa shape index (κ2) is 4.37. The van der Waals surface area contributed by atoms with E-state index in [0.717, 1.165) is 35.4 Å². The highest BCUT2D eigenvalue weighted by Crippen LogP contribution is 2.32. The summed E-state index contributed by atoms with van der Waals surface area (Å²) < 4.78 is 7.42. The molecule has 1 N–H and O–H groups in total. The number of carboxylic acid groups (broad SMARTS) is 1. The summed E-state index contributed by atoms with van der Waals surface area (Å²) >= 11 is 1.29. The molecular formula is C12H14N2O3S. The molecule has 1 fully saturated rings. The Bertz CT molecular complexity index is 596. The van der Waals surface area contributed by atoms with Gasteiger partial charge in [0.1, 0.15) is 9.71 Å². The topological polar surface area (TPSA) is 64.4 Å². The first kappa shape index (κ1) is 11.7. The van der Waals surface area contributed by atoms with E-state index in [2.05, 4.69) is 5.10 Å². The fraction of sp³-hybridized carbons (Fsp3) is 0.500. The Morgan fingerprint density at radius 1 is 1.67 bits per heavy atom. The van der Waals surface area contributed by atoms with Gasteiger partial charge in [-0.2, -0.15) is 5.10 Å². The molecule has 1 aliphatic heterocycles. The van der Waals surface area contributed by atoms with Gasteiger partial charge in [-0.3, -0.25) is 0 Å². The highest BCUT2D eigenvalue weighted by Gasteiger charge is 2.22. The van der Waals surface area contributed by atoms with E-state index in [1.54, 1.807) is 6.07 Å². The molecule has 5 nitrogen and oxygen atoms in total. The molecule has 0 bridgehead atoms. The zero-order valence-electron chi connectivity index (χ0n) is 10.0. The van der Waals surface area contributed by atoms with Gasteiger partial charge in [-0.05, 0) is 25.8 Å². The highest BCUT2D eigenvalue weighted by atomic mass is 32.1. The number of carbonyl (C=O) groups is 1. The van der Waals surface area contributed by atoms with Gasteiger partial charge in [0.25, 0.3) is 0 Å². The average Bonchev–Trinajstić information content (AvgIpc) is 2.92. The lowest BCUT2D eigenvalue weighted by Crippen LogP contribution is -2.21. The summed E-state index contributed by atoms with van der Waals surface area (Å²) in [5.41, 5.74) is 0.888. The Labute approximate surface area is 108 Å². The van der Waals surface area contributed by atoms with Gasteiger partial charge >= 0.3 is 5.97 Å². The lowest BCUT2D eigenvalue weighted by atomic mass is 10.1. The van der Waals surface area contributed by atoms with Crippen LogP contribution < -0.4 is 0 Å². The van der Waals surface area contributed by atoms with Crippen LogP contribution in [0.15, 0.2) is 6.07 Å². The summed E-state index contributed by atoms with van der Waals surface area (Å²) in [6, 6.07) is 1.94. The zero-order chi connectivity index (χ0) is 12.7. The second-order valence-electron chi connectivity index (χ2n) is 4.54. The number of fused-ring (bicyclic) bond motifs is 1. The van der Waals surface area contributed by atoms with Gasteiger partial charge in [-0.1, -0.05) is 0 Å². The summed E-state index contributed by atoms with van der Waals surface area (Å²) in [7, 11) is 0. The van der Waals surface area contributed by atoms with E-state index in [1.807, 2.05) is 11.6 Å². The largest absolute Gasteiger partial charge is 0.477 e. The van der Waals surface area contributed by atoms with Crippen molar-refractivity contribution in [2.75, 3.05) is 13.2 Å². The van der Waals surface area contributed by atoms with E-state index >= 15 is 0 Å². The molecule has 0 amide bonds. The van der Waals surface area contributed by atoms with Gasteiger partial charge < -0.3 is 9.84 Å². The quantitative estimate of drug-likeness (QED) is 0.906. The molecule has 0 saturated carbocycles. The summed E-state index contributed by atoms with van der Waals surface area (Å²) in [4.78, 5) is 12.3. The van der Waals surface area contributed by atoms with Gasteiger partial charge in [0.2, 0.25) is 0 Å². The standard InChI is InChI=1S/C12H14N2O3S/c1-7-9-5-10(12(15)16)18-11(9)14(13-7)8-3-2-4-17-6-8/h5,8H,2-4,6H2,1H3,(H,15,16). The Balaban J connectivity index is 2.08. The number of aryl methyl sites for hydroxylation is 1. The first-order chi connectivity index (χ1) is 8.66. The van der Waals surface area contributed by atoms with Gasteiger partial charge in [-0.25, -0.2) is 9.48 Å². The molecule has 1 saturated heterocycles. The van der Waals surface area contributed by atoms with Crippen LogP contribution in [0.1, 0.15) is 34.2 Å². The summed E-state index contributed by atoms with van der Waals surface area (Å²) in [6.07, 6.45) is 2.07. The molecule has 18 heavy (non-hydrogen) atoms. The third kappa shape index (κ3) is 1.81. The Morgan fingerprint density at radius 3 is 3.17 bits per heavy atom. The van der Waals surface area contributed by atoms with Crippen LogP contribution in [0.4, 0.5) is 0 Å². The van der Waals surface area contributed by atoms with E-state index in [0.29, 0.717) is 11.5 Å². The van der Waals surface area contributed by atoms with Crippen molar-refractivity contribution in [3.63, 3.8) is 0 Å². The Morgan fingerprint density at radius 2 is 2.50 bits per heavy atom. The molecule has 96 valence electrons. The van der Waals surface area contributed by atoms with Crippen LogP contribution in [0.25, 0.3) is 10.2 Å². The van der Waals surface area contributed by atoms with Crippen molar-refractivity contribution in [3.8, 4) is 0 Å². The molecule has 3 heterocycles. The van der Waals surface area contributed by atoms with Crippen LogP contribution in [0.2, 0.25) is 0 Å². The first-order valence-corrected chi connectivity index (χ1v) is 6.78. The molecule has 0 spiro atoms. The summed E-state index contributed by atoms with van der Waals surface area (Å²) in [5, 5.41) is 14.5. The van der Waals surface area contributed by atoms with Crippen molar-refractivity contribution >= 4 is 27.5 Å². The minimum Gasteiger partial charge on any atom is -0.477 e. The number of rotatable bonds is 2. The Kier molecular flexibility index (Phi) is 2.83. The number of aromatic carboxylic acids is 1. The monoisotopic (exact) mass is 266 g/mol. The molecular weight excluding hydrogens is 252 g/mol. The van der Waals surface area contributed by atoms with Gasteiger partial charge in [-0.15, -0.1) is 11.3 Å². The number of ether oxygens (including phenoxy) is 1. The van der Waals surface area contributed by atoms with Crippen molar-refractivity contribution in [2.24, 2.45) is 0 Å². The number of aromatic nitrogens is 2. The fourth-order valence-corrected chi connectivity index (χ4v) is 3.41. The molecule has 3 rings (SSSR count). The minimum atomic E-state index is -0.873. The zero-order valence-corrected chi connectivity index (χ0v) is 10.9. The SMILES string of the molecule is Cc1nn(C2CCCOC2)c2sc(C(=O)O)cc12. The predicted molar refractivity (Wildman–Crippen MR) is 68.4 cm³/mol. The maximum Gasteiger partial charge on any atom is 0.345 e. The molecule has 0 aromatic carbocycles. The molecule has 0 aliphatic carbocycles. The summed E-state index contributed by atoms with van der Waals surface area (Å²) in [5.74, 6) is -0.873. The Hall–Kier alpha value is -1.40. The fourth-order valence-electron chi connectivity index (χ4n) is 2.34. The number of hydrogen-bond acceptors (Lipinski definition) is 4. The van der Waals surface area contributed by atoms with E-state index in [4.69, 9.17) is 9.84 Å². The predicted octanol–water partition coefficient (Wildman–Crippen LogP) is 2.46. The van der Waals surface area contributed by atoms with Crippen LogP contribution >= 0.6 is 11.3 Å². The van der Waals surface area contributed by atoms with Crippen molar-refractivity contribution in [3.05, 3.63) is 16.6 Å². The van der Waals surface area contributed by atoms with E-state index < -0.39 is 5.97 Å². The number of carboxylic acids is 1. The number of thiophene rings is 1. The van der Waals surface area contributed by atoms with Crippen LogP contribution in [0, 0.1) is 6.92 Å². The molecule has 2 aromatic rings. The van der Waals surface area contributed by atoms with E-state index in [9.17, 15) is 4.79 Å². The van der Waals surface area contributed by atoms with Crippen LogP contribution in [0.3, 0.4) is 0 Å². The van der Waals surface area contributed by atoms with Gasteiger partial charge in [0.05, 0.1) is 18.3 Å². The number of nitrogens with zero attached hydrogens (tertiary/aromatic N) is 2. The molecule has 1 aliphatic rings. The minimum absolute atomic E-state index is 0.232. The maximum atomic E-state index is 11.0. The van der Waals surface area contributed by atoms with Crippen molar-refractivity contribution in [1.29, 1.82) is 0 Å². The molecule has 6 heteroatoms. The van der Waals surface area contributed by atoms with Crippen molar-refractivity contribution in [2.45, 2.75) is 25.8 Å². The van der Waals surface area contributed by atoms with E-state index in [-0.39, 0.29) is 6.04 Å². The summed E-state index contributed by atoms with van der Waals surface area (Å²) in [6.45, 7) is 3.39. The maximum absolute atomic E-state index is 11.0. The van der Waals surface area contributed by atoms with Gasteiger partial charge in [0.15, 0.2) is 0 Å². The van der Waals surface area contributed by atoms with Crippen molar-refractivity contribution in [1.82, 2.24) is 9.78 Å². The third-order valence-corrected chi connectivity index (χ3v) is 4.37. The molecule has 0 radical (unpaired) electrons. The third-order valence-electron chi connectivity index (χ3n) is 3.26. The number of hydrogen-bond donors (Lipinski definition) is 1. The van der Waals surface area contributed by atoms with Crippen LogP contribution in [-0.4, -0.2) is 34.1 Å². The average molecular weight is 266 g/mol. The first-order valence-electron chi connectivity index (χ1n) is 5.96. The molecule has 1 atom stereocenters. The molecule has 1 unspecified atom stereocenters. The van der Waals surface area contributed by atoms with Gasteiger partial charge in [0, 0.05) is 12.0 Å². The lowest BCUT2D eigenvalue weighted by Gasteiger charge is -2.22. The van der Waals surface area contributed by atoms with Crippen LogP contribution in [0.5, 0.6) is 0 Å². The lowest BCUT2D eigenvalue weighted by molar-refractivity contribution is 0.0566. The van der Waals surface area contributed by atoms with Crippen LogP contribution in [-0.2, 0) is 4.74 Å². The van der Waals surface area contributed by atoms with Crippen molar-refractivity contribution < 1.29 is 14.6 Å². The second-order valence-corrected chi connectivity index (χ2v) is 5.57. The normalized spacial score (nSPS) is 20.4.